The number of carbonyl (C=O) groups is 1. The molecule has 1 aromatic heterocycles. The van der Waals surface area contributed by atoms with Crippen molar-refractivity contribution in [1.29, 1.82) is 0 Å². The van der Waals surface area contributed by atoms with Gasteiger partial charge in [0.1, 0.15) is 18.2 Å². The average Bonchev–Trinajstić information content (AvgIpc) is 2.93. The van der Waals surface area contributed by atoms with Crippen molar-refractivity contribution in [2.24, 2.45) is 5.10 Å². The van der Waals surface area contributed by atoms with E-state index in [2.05, 4.69) is 52.9 Å². The SMILES string of the molecule is O=C(O)c1ccc(COc2c(Br)cc(C=Nn3c(C4CCCCC4)nc4ccc(Br)cc4c3=O)cc2Br)cc1. The summed E-state index contributed by atoms with van der Waals surface area (Å²) in [5, 5.41) is 14.2. The smallest absolute Gasteiger partial charge is 0.335 e. The van der Waals surface area contributed by atoms with Crippen LogP contribution in [0.25, 0.3) is 10.9 Å². The first-order valence-electron chi connectivity index (χ1n) is 12.5. The molecule has 0 atom stereocenters. The first-order chi connectivity index (χ1) is 18.8. The number of aromatic nitrogens is 2. The number of ether oxygens (including phenoxy) is 1. The average molecular weight is 718 g/mol. The molecule has 0 bridgehead atoms. The van der Waals surface area contributed by atoms with E-state index in [1.165, 1.54) is 11.1 Å². The molecule has 1 aliphatic rings. The fourth-order valence-electron chi connectivity index (χ4n) is 4.72. The minimum atomic E-state index is -0.967. The van der Waals surface area contributed by atoms with E-state index in [0.717, 1.165) is 41.3 Å². The minimum Gasteiger partial charge on any atom is -0.487 e. The highest BCUT2D eigenvalue weighted by Crippen LogP contribution is 2.35. The van der Waals surface area contributed by atoms with Gasteiger partial charge in [0.15, 0.2) is 0 Å². The molecule has 5 rings (SSSR count). The zero-order valence-corrected chi connectivity index (χ0v) is 25.5. The van der Waals surface area contributed by atoms with Crippen LogP contribution in [-0.2, 0) is 6.61 Å². The van der Waals surface area contributed by atoms with Crippen molar-refractivity contribution in [2.75, 3.05) is 0 Å². The Kier molecular flexibility index (Phi) is 8.64. The predicted octanol–water partition coefficient (Wildman–Crippen LogP) is 7.89. The van der Waals surface area contributed by atoms with Crippen LogP contribution in [0.15, 0.2) is 77.9 Å². The second kappa shape index (κ2) is 12.1. The topological polar surface area (TPSA) is 93.8 Å². The molecule has 1 aliphatic carbocycles. The van der Waals surface area contributed by atoms with Crippen LogP contribution < -0.4 is 10.3 Å². The zero-order valence-electron chi connectivity index (χ0n) is 20.7. The van der Waals surface area contributed by atoms with Gasteiger partial charge in [-0.05, 0) is 98.3 Å². The Bertz CT molecular complexity index is 1600. The maximum absolute atomic E-state index is 13.5. The number of carboxylic acids is 1. The molecule has 0 amide bonds. The Morgan fingerprint density at radius 1 is 1.03 bits per heavy atom. The number of hydrogen-bond donors (Lipinski definition) is 1. The standard InChI is InChI=1S/C29H24Br3N3O4/c30-21-10-11-25-22(14-21)28(36)35(27(34-25)19-4-2-1-3-5-19)33-15-18-12-23(31)26(24(32)13-18)39-16-17-6-8-20(9-7-17)29(37)38/h6-15,19H,1-5,16H2,(H,37,38). The lowest BCUT2D eigenvalue weighted by molar-refractivity contribution is 0.0697. The Hall–Kier alpha value is -2.82. The van der Waals surface area contributed by atoms with Crippen LogP contribution in [0.1, 0.15) is 65.3 Å². The summed E-state index contributed by atoms with van der Waals surface area (Å²) >= 11 is 10.6. The van der Waals surface area contributed by atoms with E-state index in [-0.39, 0.29) is 23.6 Å². The zero-order chi connectivity index (χ0) is 27.5. The van der Waals surface area contributed by atoms with Crippen molar-refractivity contribution < 1.29 is 14.6 Å². The molecule has 0 saturated heterocycles. The van der Waals surface area contributed by atoms with Crippen LogP contribution in [0.5, 0.6) is 5.75 Å². The van der Waals surface area contributed by atoms with E-state index in [1.807, 2.05) is 24.3 Å². The minimum absolute atomic E-state index is 0.190. The summed E-state index contributed by atoms with van der Waals surface area (Å²) in [6, 6.07) is 15.8. The van der Waals surface area contributed by atoms with Crippen LogP contribution >= 0.6 is 47.8 Å². The molecule has 7 nitrogen and oxygen atoms in total. The monoisotopic (exact) mass is 715 g/mol. The second-order valence-corrected chi connectivity index (χ2v) is 12.1. The van der Waals surface area contributed by atoms with Crippen LogP contribution in [-0.4, -0.2) is 27.0 Å². The van der Waals surface area contributed by atoms with Crippen LogP contribution in [0, 0.1) is 0 Å². The van der Waals surface area contributed by atoms with Gasteiger partial charge in [-0.1, -0.05) is 47.3 Å². The molecule has 39 heavy (non-hydrogen) atoms. The van der Waals surface area contributed by atoms with E-state index < -0.39 is 5.97 Å². The van der Waals surface area contributed by atoms with Gasteiger partial charge in [-0.3, -0.25) is 4.79 Å². The molecule has 0 aliphatic heterocycles. The lowest BCUT2D eigenvalue weighted by atomic mass is 9.88. The van der Waals surface area contributed by atoms with Crippen LogP contribution in [0.4, 0.5) is 0 Å². The number of fused-ring (bicyclic) bond motifs is 1. The van der Waals surface area contributed by atoms with Gasteiger partial charge in [0.2, 0.25) is 0 Å². The second-order valence-electron chi connectivity index (χ2n) is 9.43. The van der Waals surface area contributed by atoms with Crippen LogP contribution in [0.2, 0.25) is 0 Å². The maximum atomic E-state index is 13.5. The van der Waals surface area contributed by atoms with E-state index in [1.54, 1.807) is 36.5 Å². The summed E-state index contributed by atoms with van der Waals surface area (Å²) in [6.45, 7) is 0.267. The van der Waals surface area contributed by atoms with Gasteiger partial charge in [0.05, 0.1) is 31.6 Å². The largest absolute Gasteiger partial charge is 0.487 e. The molecule has 3 aromatic carbocycles. The number of aromatic carboxylic acids is 1. The summed E-state index contributed by atoms with van der Waals surface area (Å²) in [7, 11) is 0. The Balaban J connectivity index is 1.43. The van der Waals surface area contributed by atoms with Crippen molar-refractivity contribution in [3.05, 3.63) is 101 Å². The highest BCUT2D eigenvalue weighted by Gasteiger charge is 2.22. The molecular formula is C29H24Br3N3O4. The quantitative estimate of drug-likeness (QED) is 0.196. The number of carboxylic acid groups (broad SMARTS) is 1. The molecule has 0 spiro atoms. The molecule has 0 unspecified atom stereocenters. The molecule has 1 heterocycles. The molecule has 200 valence electrons. The van der Waals surface area contributed by atoms with Crippen molar-refractivity contribution in [2.45, 2.75) is 44.6 Å². The molecule has 4 aromatic rings. The lowest BCUT2D eigenvalue weighted by Crippen LogP contribution is -2.25. The molecule has 1 saturated carbocycles. The number of benzene rings is 3. The van der Waals surface area contributed by atoms with Gasteiger partial charge in [0.25, 0.3) is 5.56 Å². The maximum Gasteiger partial charge on any atom is 0.335 e. The molecule has 1 N–H and O–H groups in total. The van der Waals surface area contributed by atoms with Gasteiger partial charge < -0.3 is 9.84 Å². The van der Waals surface area contributed by atoms with E-state index in [9.17, 15) is 9.59 Å². The third-order valence-corrected chi connectivity index (χ3v) is 8.40. The summed E-state index contributed by atoms with van der Waals surface area (Å²) in [5.74, 6) is 0.533. The Labute approximate surface area is 250 Å². The van der Waals surface area contributed by atoms with E-state index >= 15 is 0 Å². The highest BCUT2D eigenvalue weighted by molar-refractivity contribution is 9.11. The first-order valence-corrected chi connectivity index (χ1v) is 14.9. The van der Waals surface area contributed by atoms with Crippen molar-refractivity contribution in [1.82, 2.24) is 9.66 Å². The lowest BCUT2D eigenvalue weighted by Gasteiger charge is -2.22. The normalized spacial score (nSPS) is 14.2. The summed E-state index contributed by atoms with van der Waals surface area (Å²) in [5.41, 5.74) is 2.33. The Morgan fingerprint density at radius 3 is 2.38 bits per heavy atom. The van der Waals surface area contributed by atoms with Crippen LogP contribution in [0.3, 0.4) is 0 Å². The first kappa shape index (κ1) is 27.7. The van der Waals surface area contributed by atoms with Crippen molar-refractivity contribution in [3.63, 3.8) is 0 Å². The summed E-state index contributed by atoms with van der Waals surface area (Å²) in [6.07, 6.45) is 7.08. The summed E-state index contributed by atoms with van der Waals surface area (Å²) < 4.78 is 9.68. The Morgan fingerprint density at radius 2 is 1.72 bits per heavy atom. The number of halogens is 3. The molecule has 1 fully saturated rings. The fraction of sp³-hybridized carbons (Fsp3) is 0.241. The van der Waals surface area contributed by atoms with E-state index in [4.69, 9.17) is 14.8 Å². The molecular weight excluding hydrogens is 694 g/mol. The summed E-state index contributed by atoms with van der Waals surface area (Å²) in [4.78, 5) is 29.5. The third kappa shape index (κ3) is 6.34. The van der Waals surface area contributed by atoms with Gasteiger partial charge in [-0.15, -0.1) is 0 Å². The van der Waals surface area contributed by atoms with Gasteiger partial charge in [-0.2, -0.15) is 9.78 Å². The van der Waals surface area contributed by atoms with Gasteiger partial charge in [-0.25, -0.2) is 9.78 Å². The fourth-order valence-corrected chi connectivity index (χ4v) is 6.53. The number of hydrogen-bond acceptors (Lipinski definition) is 5. The molecule has 0 radical (unpaired) electrons. The highest BCUT2D eigenvalue weighted by atomic mass is 79.9. The third-order valence-electron chi connectivity index (χ3n) is 6.73. The number of rotatable bonds is 7. The van der Waals surface area contributed by atoms with Crippen molar-refractivity contribution in [3.8, 4) is 5.75 Å². The van der Waals surface area contributed by atoms with E-state index in [0.29, 0.717) is 31.4 Å². The van der Waals surface area contributed by atoms with Crippen molar-refractivity contribution >= 4 is 70.9 Å². The predicted molar refractivity (Wildman–Crippen MR) is 162 cm³/mol. The van der Waals surface area contributed by atoms with Gasteiger partial charge >= 0.3 is 5.97 Å². The van der Waals surface area contributed by atoms with Gasteiger partial charge in [0, 0.05) is 10.4 Å². The number of nitrogens with zero attached hydrogens (tertiary/aromatic N) is 3. The molecule has 10 heteroatoms.